The van der Waals surface area contributed by atoms with E-state index < -0.39 is 0 Å². The summed E-state index contributed by atoms with van der Waals surface area (Å²) in [6, 6.07) is 3.70. The Morgan fingerprint density at radius 3 is 2.09 bits per heavy atom. The average molecular weight is 503 g/mol. The standard InChI is InChI=1S/C32H48ClFO/c1-3-5-6-7-23-8-10-24(11-9-23)25-12-14-26(15-13-25)27-16-18-28(19-17-27)29-20-21-30(35-22-4-2)31(33)32(29)34/h18,20-21,23-27H,3-17,19,22H2,1-2H3. The fourth-order valence-corrected chi connectivity index (χ4v) is 7.57. The summed E-state index contributed by atoms with van der Waals surface area (Å²) >= 11 is 6.29. The van der Waals surface area contributed by atoms with Gasteiger partial charge >= 0.3 is 0 Å². The van der Waals surface area contributed by atoms with Gasteiger partial charge in [-0.2, -0.15) is 0 Å². The third-order valence-corrected chi connectivity index (χ3v) is 9.92. The minimum Gasteiger partial charge on any atom is -0.492 e. The zero-order chi connectivity index (χ0) is 24.6. The fraction of sp³-hybridized carbons (Fsp3) is 0.750. The monoisotopic (exact) mass is 502 g/mol. The summed E-state index contributed by atoms with van der Waals surface area (Å²) in [7, 11) is 0. The minimum absolute atomic E-state index is 0.132. The van der Waals surface area contributed by atoms with E-state index in [-0.39, 0.29) is 10.8 Å². The largest absolute Gasteiger partial charge is 0.492 e. The van der Waals surface area contributed by atoms with Crippen LogP contribution in [0.25, 0.3) is 5.57 Å². The number of halogens is 2. The molecule has 0 heterocycles. The maximum atomic E-state index is 15.0. The van der Waals surface area contributed by atoms with Gasteiger partial charge in [-0.3, -0.25) is 0 Å². The summed E-state index contributed by atoms with van der Waals surface area (Å²) in [6.07, 6.45) is 23.9. The summed E-state index contributed by atoms with van der Waals surface area (Å²) in [6.45, 7) is 4.91. The number of rotatable bonds is 10. The molecule has 3 aliphatic carbocycles. The van der Waals surface area contributed by atoms with E-state index in [1.807, 2.05) is 19.1 Å². The predicted octanol–water partition coefficient (Wildman–Crippen LogP) is 10.6. The van der Waals surface area contributed by atoms with Crippen molar-refractivity contribution in [1.29, 1.82) is 0 Å². The van der Waals surface area contributed by atoms with Gasteiger partial charge in [0.1, 0.15) is 10.8 Å². The van der Waals surface area contributed by atoms with Gasteiger partial charge in [0.05, 0.1) is 6.61 Å². The van der Waals surface area contributed by atoms with Crippen molar-refractivity contribution in [3.05, 3.63) is 34.6 Å². The number of hydrogen-bond donors (Lipinski definition) is 0. The van der Waals surface area contributed by atoms with E-state index in [1.54, 1.807) is 0 Å². The van der Waals surface area contributed by atoms with Crippen molar-refractivity contribution in [1.82, 2.24) is 0 Å². The van der Waals surface area contributed by atoms with Gasteiger partial charge in [-0.15, -0.1) is 0 Å². The number of ether oxygens (including phenoxy) is 1. The second kappa shape index (κ2) is 13.5. The second-order valence-electron chi connectivity index (χ2n) is 11.8. The lowest BCUT2D eigenvalue weighted by molar-refractivity contribution is 0.120. The quantitative estimate of drug-likeness (QED) is 0.289. The Hall–Kier alpha value is -1.02. The molecule has 3 heteroatoms. The van der Waals surface area contributed by atoms with Crippen molar-refractivity contribution in [2.24, 2.45) is 29.6 Å². The normalized spacial score (nSPS) is 29.6. The highest BCUT2D eigenvalue weighted by molar-refractivity contribution is 6.32. The first-order chi connectivity index (χ1) is 17.1. The van der Waals surface area contributed by atoms with Crippen molar-refractivity contribution in [3.63, 3.8) is 0 Å². The van der Waals surface area contributed by atoms with Gasteiger partial charge < -0.3 is 4.74 Å². The Morgan fingerprint density at radius 1 is 0.829 bits per heavy atom. The molecule has 0 aliphatic heterocycles. The van der Waals surface area contributed by atoms with Crippen LogP contribution in [0.5, 0.6) is 5.75 Å². The Bertz CT molecular complexity index is 817. The van der Waals surface area contributed by atoms with E-state index in [1.165, 1.54) is 83.5 Å². The Kier molecular flexibility index (Phi) is 10.4. The summed E-state index contributed by atoms with van der Waals surface area (Å²) in [4.78, 5) is 0. The maximum Gasteiger partial charge on any atom is 0.153 e. The Labute approximate surface area is 219 Å². The summed E-state index contributed by atoms with van der Waals surface area (Å²) in [5.74, 6) is 4.82. The molecule has 0 spiro atoms. The van der Waals surface area contributed by atoms with Crippen LogP contribution in [0.15, 0.2) is 18.2 Å². The van der Waals surface area contributed by atoms with Gasteiger partial charge in [0.15, 0.2) is 5.82 Å². The first-order valence-corrected chi connectivity index (χ1v) is 15.3. The van der Waals surface area contributed by atoms with E-state index in [0.29, 0.717) is 17.9 Å². The molecule has 1 unspecified atom stereocenters. The third kappa shape index (κ3) is 7.06. The Balaban J connectivity index is 1.23. The number of allylic oxidation sites excluding steroid dienone is 2. The molecule has 0 amide bonds. The van der Waals surface area contributed by atoms with Crippen molar-refractivity contribution >= 4 is 17.2 Å². The van der Waals surface area contributed by atoms with E-state index in [0.717, 1.165) is 54.4 Å². The van der Waals surface area contributed by atoms with E-state index in [2.05, 4.69) is 13.0 Å². The fourth-order valence-electron chi connectivity index (χ4n) is 7.35. The molecular formula is C32H48ClFO. The molecule has 0 saturated heterocycles. The molecule has 0 bridgehead atoms. The predicted molar refractivity (Wildman–Crippen MR) is 148 cm³/mol. The van der Waals surface area contributed by atoms with Gasteiger partial charge in [0, 0.05) is 5.56 Å². The van der Waals surface area contributed by atoms with Crippen LogP contribution in [0, 0.1) is 35.4 Å². The van der Waals surface area contributed by atoms with Crippen molar-refractivity contribution in [3.8, 4) is 5.75 Å². The molecule has 2 saturated carbocycles. The summed E-state index contributed by atoms with van der Waals surface area (Å²) < 4.78 is 20.6. The van der Waals surface area contributed by atoms with Crippen LogP contribution < -0.4 is 4.74 Å². The van der Waals surface area contributed by atoms with Crippen LogP contribution in [0.4, 0.5) is 4.39 Å². The second-order valence-corrected chi connectivity index (χ2v) is 12.2. The van der Waals surface area contributed by atoms with Gasteiger partial charge in [-0.25, -0.2) is 4.39 Å². The van der Waals surface area contributed by atoms with Gasteiger partial charge in [-0.05, 0) is 112 Å². The zero-order valence-electron chi connectivity index (χ0n) is 22.3. The first kappa shape index (κ1) is 27.0. The molecule has 35 heavy (non-hydrogen) atoms. The van der Waals surface area contributed by atoms with Crippen LogP contribution in [-0.2, 0) is 0 Å². The van der Waals surface area contributed by atoms with Crippen LogP contribution in [0.1, 0.15) is 122 Å². The zero-order valence-corrected chi connectivity index (χ0v) is 23.1. The molecule has 0 N–H and O–H groups in total. The maximum absolute atomic E-state index is 15.0. The SMILES string of the molecule is CCCCCC1CCC(C2CCC(C3CC=C(c4ccc(OCCC)c(Cl)c4F)CC3)CC2)CC1. The summed E-state index contributed by atoms with van der Waals surface area (Å²) in [5, 5.41) is 0.132. The lowest BCUT2D eigenvalue weighted by atomic mass is 9.65. The molecular weight excluding hydrogens is 455 g/mol. The van der Waals surface area contributed by atoms with Crippen LogP contribution >= 0.6 is 11.6 Å². The highest BCUT2D eigenvalue weighted by Gasteiger charge is 2.34. The smallest absolute Gasteiger partial charge is 0.153 e. The van der Waals surface area contributed by atoms with Gasteiger partial charge in [-0.1, -0.05) is 70.0 Å². The molecule has 3 aliphatic rings. The van der Waals surface area contributed by atoms with Crippen molar-refractivity contribution in [2.75, 3.05) is 6.61 Å². The number of benzene rings is 1. The average Bonchev–Trinajstić information content (AvgIpc) is 2.90. The molecule has 1 aromatic carbocycles. The van der Waals surface area contributed by atoms with E-state index in [4.69, 9.17) is 16.3 Å². The Morgan fingerprint density at radius 2 is 1.49 bits per heavy atom. The molecule has 196 valence electrons. The van der Waals surface area contributed by atoms with Gasteiger partial charge in [0.2, 0.25) is 0 Å². The van der Waals surface area contributed by atoms with E-state index in [9.17, 15) is 4.39 Å². The van der Waals surface area contributed by atoms with Crippen LogP contribution in [0.2, 0.25) is 5.02 Å². The highest BCUT2D eigenvalue weighted by Crippen LogP contribution is 2.46. The lowest BCUT2D eigenvalue weighted by Gasteiger charge is -2.40. The van der Waals surface area contributed by atoms with Crippen molar-refractivity contribution in [2.45, 2.75) is 117 Å². The lowest BCUT2D eigenvalue weighted by Crippen LogP contribution is -2.28. The topological polar surface area (TPSA) is 9.23 Å². The molecule has 4 rings (SSSR count). The molecule has 0 aromatic heterocycles. The van der Waals surface area contributed by atoms with E-state index >= 15 is 0 Å². The van der Waals surface area contributed by atoms with Crippen LogP contribution in [-0.4, -0.2) is 6.61 Å². The molecule has 1 aromatic rings. The molecule has 2 fully saturated rings. The molecule has 1 atom stereocenters. The first-order valence-electron chi connectivity index (χ1n) is 14.9. The van der Waals surface area contributed by atoms with Gasteiger partial charge in [0.25, 0.3) is 0 Å². The highest BCUT2D eigenvalue weighted by atomic mass is 35.5. The van der Waals surface area contributed by atoms with Crippen molar-refractivity contribution < 1.29 is 9.13 Å². The number of hydrogen-bond acceptors (Lipinski definition) is 1. The third-order valence-electron chi connectivity index (χ3n) is 9.56. The minimum atomic E-state index is -0.314. The molecule has 0 radical (unpaired) electrons. The molecule has 1 nitrogen and oxygen atoms in total. The van der Waals surface area contributed by atoms with Crippen LogP contribution in [0.3, 0.4) is 0 Å². The summed E-state index contributed by atoms with van der Waals surface area (Å²) in [5.41, 5.74) is 1.80. The number of unbranched alkanes of at least 4 members (excludes halogenated alkanes) is 2.